The second-order valence-electron chi connectivity index (χ2n) is 3.42. The molecule has 0 bridgehead atoms. The number of aliphatic hydroxyl groups excluding tert-OH is 1. The average molecular weight is 194 g/mol. The van der Waals surface area contributed by atoms with Crippen molar-refractivity contribution in [2.24, 2.45) is 0 Å². The normalized spacial score (nSPS) is 19.2. The lowest BCUT2D eigenvalue weighted by molar-refractivity contribution is 0.180. The molecule has 0 spiro atoms. The van der Waals surface area contributed by atoms with Crippen molar-refractivity contribution in [1.29, 1.82) is 0 Å². The molecule has 1 aliphatic carbocycles. The number of hydrogen-bond acceptors (Lipinski definition) is 3. The lowest BCUT2D eigenvalue weighted by Crippen LogP contribution is -1.96. The molecule has 1 aliphatic rings. The van der Waals surface area contributed by atoms with Gasteiger partial charge < -0.3 is 14.6 Å². The quantitative estimate of drug-likeness (QED) is 0.778. The Bertz CT molecular complexity index is 347. The van der Waals surface area contributed by atoms with Crippen molar-refractivity contribution in [1.82, 2.24) is 0 Å². The van der Waals surface area contributed by atoms with Crippen molar-refractivity contribution in [2.75, 3.05) is 14.2 Å². The number of methoxy groups -OCH3 is 2. The van der Waals surface area contributed by atoms with Crippen LogP contribution in [0.25, 0.3) is 0 Å². The van der Waals surface area contributed by atoms with E-state index in [4.69, 9.17) is 9.47 Å². The molecule has 0 saturated carbocycles. The van der Waals surface area contributed by atoms with Gasteiger partial charge in [-0.15, -0.1) is 0 Å². The van der Waals surface area contributed by atoms with Crippen LogP contribution in [0.4, 0.5) is 0 Å². The molecule has 14 heavy (non-hydrogen) atoms. The van der Waals surface area contributed by atoms with Crippen molar-refractivity contribution < 1.29 is 14.6 Å². The van der Waals surface area contributed by atoms with E-state index >= 15 is 0 Å². The Hall–Kier alpha value is -1.22. The molecule has 1 aromatic carbocycles. The van der Waals surface area contributed by atoms with Crippen LogP contribution in [0.2, 0.25) is 0 Å². The van der Waals surface area contributed by atoms with Gasteiger partial charge in [-0.25, -0.2) is 0 Å². The summed E-state index contributed by atoms with van der Waals surface area (Å²) in [7, 11) is 3.25. The molecular weight excluding hydrogens is 180 g/mol. The van der Waals surface area contributed by atoms with Gasteiger partial charge in [0.15, 0.2) is 11.5 Å². The van der Waals surface area contributed by atoms with Crippen LogP contribution >= 0.6 is 0 Å². The molecule has 0 radical (unpaired) electrons. The second kappa shape index (κ2) is 3.50. The van der Waals surface area contributed by atoms with Crippen molar-refractivity contribution in [3.8, 4) is 11.5 Å². The van der Waals surface area contributed by atoms with Crippen LogP contribution in [0.3, 0.4) is 0 Å². The zero-order valence-corrected chi connectivity index (χ0v) is 8.41. The first-order valence-electron chi connectivity index (χ1n) is 4.69. The van der Waals surface area contributed by atoms with E-state index in [1.54, 1.807) is 14.2 Å². The van der Waals surface area contributed by atoms with E-state index < -0.39 is 0 Å². The monoisotopic (exact) mass is 194 g/mol. The number of benzene rings is 1. The molecule has 0 unspecified atom stereocenters. The van der Waals surface area contributed by atoms with Crippen LogP contribution in [0.1, 0.15) is 23.7 Å². The average Bonchev–Trinajstić information content (AvgIpc) is 2.59. The van der Waals surface area contributed by atoms with Crippen LogP contribution < -0.4 is 9.47 Å². The number of ether oxygens (including phenoxy) is 2. The fourth-order valence-electron chi connectivity index (χ4n) is 2.01. The fourth-order valence-corrected chi connectivity index (χ4v) is 2.01. The Balaban J connectivity index is 2.54. The third kappa shape index (κ3) is 1.24. The van der Waals surface area contributed by atoms with E-state index in [1.807, 2.05) is 12.1 Å². The van der Waals surface area contributed by atoms with Crippen LogP contribution in [-0.2, 0) is 6.42 Å². The lowest BCUT2D eigenvalue weighted by Gasteiger charge is -2.12. The molecule has 3 heteroatoms. The van der Waals surface area contributed by atoms with Gasteiger partial charge >= 0.3 is 0 Å². The van der Waals surface area contributed by atoms with Gasteiger partial charge in [0.2, 0.25) is 0 Å². The maximum atomic E-state index is 9.67. The molecule has 1 N–H and O–H groups in total. The maximum Gasteiger partial charge on any atom is 0.164 e. The number of fused-ring (bicyclic) bond motifs is 1. The van der Waals surface area contributed by atoms with Crippen molar-refractivity contribution in [2.45, 2.75) is 18.9 Å². The SMILES string of the molecule is COc1ccc2c(c1OC)CC[C@@H]2O. The number of rotatable bonds is 2. The Labute approximate surface area is 83.3 Å². The van der Waals surface area contributed by atoms with E-state index in [-0.39, 0.29) is 6.10 Å². The summed E-state index contributed by atoms with van der Waals surface area (Å²) in [5, 5.41) is 9.67. The molecule has 76 valence electrons. The summed E-state index contributed by atoms with van der Waals surface area (Å²) in [6, 6.07) is 3.75. The largest absolute Gasteiger partial charge is 0.493 e. The molecule has 0 aromatic heterocycles. The van der Waals surface area contributed by atoms with E-state index in [9.17, 15) is 5.11 Å². The maximum absolute atomic E-state index is 9.67. The first-order chi connectivity index (χ1) is 6.77. The van der Waals surface area contributed by atoms with E-state index in [0.29, 0.717) is 0 Å². The van der Waals surface area contributed by atoms with Gasteiger partial charge in [0.1, 0.15) is 0 Å². The summed E-state index contributed by atoms with van der Waals surface area (Å²) < 4.78 is 10.5. The smallest absolute Gasteiger partial charge is 0.164 e. The molecule has 0 heterocycles. The van der Waals surface area contributed by atoms with Gasteiger partial charge in [-0.2, -0.15) is 0 Å². The van der Waals surface area contributed by atoms with Crippen LogP contribution in [0.5, 0.6) is 11.5 Å². The standard InChI is InChI=1S/C11H14O3/c1-13-10-6-4-7-8(11(10)14-2)3-5-9(7)12/h4,6,9,12H,3,5H2,1-2H3/t9-/m0/s1. The van der Waals surface area contributed by atoms with Gasteiger partial charge in [0.25, 0.3) is 0 Å². The highest BCUT2D eigenvalue weighted by Crippen LogP contribution is 2.41. The summed E-state index contributed by atoms with van der Waals surface area (Å²) in [5.41, 5.74) is 2.06. The molecule has 0 fully saturated rings. The molecule has 0 saturated heterocycles. The van der Waals surface area contributed by atoms with E-state index in [1.165, 1.54) is 0 Å². The predicted octanol–water partition coefficient (Wildman–Crippen LogP) is 1.68. The third-order valence-corrected chi connectivity index (χ3v) is 2.71. The molecule has 3 nitrogen and oxygen atoms in total. The van der Waals surface area contributed by atoms with Gasteiger partial charge in [-0.3, -0.25) is 0 Å². The molecule has 2 rings (SSSR count). The molecule has 0 aliphatic heterocycles. The Morgan fingerprint density at radius 3 is 2.71 bits per heavy atom. The minimum atomic E-state index is -0.343. The van der Waals surface area contributed by atoms with E-state index in [2.05, 4.69) is 0 Å². The first kappa shape index (κ1) is 9.34. The summed E-state index contributed by atoms with van der Waals surface area (Å²) in [4.78, 5) is 0. The minimum Gasteiger partial charge on any atom is -0.493 e. The van der Waals surface area contributed by atoms with Crippen LogP contribution in [0, 0.1) is 0 Å². The fraction of sp³-hybridized carbons (Fsp3) is 0.455. The first-order valence-corrected chi connectivity index (χ1v) is 4.69. The second-order valence-corrected chi connectivity index (χ2v) is 3.42. The zero-order chi connectivity index (χ0) is 10.1. The van der Waals surface area contributed by atoms with Gasteiger partial charge in [0.05, 0.1) is 20.3 Å². The summed E-state index contributed by atoms with van der Waals surface area (Å²) in [6.45, 7) is 0. The van der Waals surface area contributed by atoms with Gasteiger partial charge in [-0.1, -0.05) is 6.07 Å². The Morgan fingerprint density at radius 2 is 2.07 bits per heavy atom. The minimum absolute atomic E-state index is 0.343. The summed E-state index contributed by atoms with van der Waals surface area (Å²) in [6.07, 6.45) is 1.29. The number of hydrogen-bond donors (Lipinski definition) is 1. The molecule has 1 aromatic rings. The zero-order valence-electron chi connectivity index (χ0n) is 8.41. The molecular formula is C11H14O3. The Kier molecular flexibility index (Phi) is 2.33. The lowest BCUT2D eigenvalue weighted by atomic mass is 10.1. The Morgan fingerprint density at radius 1 is 1.29 bits per heavy atom. The van der Waals surface area contributed by atoms with Crippen molar-refractivity contribution >= 4 is 0 Å². The van der Waals surface area contributed by atoms with Gasteiger partial charge in [0, 0.05) is 5.56 Å². The van der Waals surface area contributed by atoms with Crippen molar-refractivity contribution in [3.63, 3.8) is 0 Å². The summed E-state index contributed by atoms with van der Waals surface area (Å²) in [5.74, 6) is 1.50. The van der Waals surface area contributed by atoms with Crippen LogP contribution in [0.15, 0.2) is 12.1 Å². The van der Waals surface area contributed by atoms with Crippen LogP contribution in [-0.4, -0.2) is 19.3 Å². The van der Waals surface area contributed by atoms with E-state index in [0.717, 1.165) is 35.5 Å². The highest BCUT2D eigenvalue weighted by molar-refractivity contribution is 5.53. The molecule has 0 amide bonds. The third-order valence-electron chi connectivity index (χ3n) is 2.71. The highest BCUT2D eigenvalue weighted by Gasteiger charge is 2.25. The summed E-state index contributed by atoms with van der Waals surface area (Å²) >= 11 is 0. The topological polar surface area (TPSA) is 38.7 Å². The van der Waals surface area contributed by atoms with Gasteiger partial charge in [-0.05, 0) is 24.5 Å². The highest BCUT2D eigenvalue weighted by atomic mass is 16.5. The number of aliphatic hydroxyl groups is 1. The van der Waals surface area contributed by atoms with Crippen molar-refractivity contribution in [3.05, 3.63) is 23.3 Å². The molecule has 1 atom stereocenters. The predicted molar refractivity (Wildman–Crippen MR) is 52.8 cm³/mol.